The van der Waals surface area contributed by atoms with E-state index in [9.17, 15) is 9.59 Å². The molecule has 1 spiro atoms. The summed E-state index contributed by atoms with van der Waals surface area (Å²) in [4.78, 5) is 22.1. The number of carboxylic acids is 1. The first-order chi connectivity index (χ1) is 9.03. The second-order valence-electron chi connectivity index (χ2n) is 5.88. The highest BCUT2D eigenvalue weighted by Crippen LogP contribution is 2.56. The van der Waals surface area contributed by atoms with Crippen LogP contribution in [-0.2, 0) is 9.59 Å². The van der Waals surface area contributed by atoms with Gasteiger partial charge in [0.2, 0.25) is 5.91 Å². The van der Waals surface area contributed by atoms with Crippen LogP contribution < -0.4 is 5.32 Å². The van der Waals surface area contributed by atoms with Gasteiger partial charge in [-0.2, -0.15) is 11.8 Å². The molecule has 4 nitrogen and oxygen atoms in total. The van der Waals surface area contributed by atoms with Gasteiger partial charge in [0, 0.05) is 17.9 Å². The fraction of sp³-hybridized carbons (Fsp3) is 0.857. The quantitative estimate of drug-likeness (QED) is 0.814. The minimum atomic E-state index is -0.931. The number of aliphatic carboxylic acids is 1. The standard InChI is InChI=1S/C14H23NO3S/c1-10(16)15-11(13(17)18)9-19-12-5-8-14(12)6-3-2-4-7-14/h11-12H,2-9H2,1H3,(H,15,16)(H,17,18). The third-order valence-electron chi connectivity index (χ3n) is 4.58. The van der Waals surface area contributed by atoms with Crippen LogP contribution >= 0.6 is 11.8 Å². The predicted octanol–water partition coefficient (Wildman–Crippen LogP) is 2.42. The molecule has 2 saturated carbocycles. The summed E-state index contributed by atoms with van der Waals surface area (Å²) >= 11 is 1.75. The maximum atomic E-state index is 11.1. The Morgan fingerprint density at radius 1 is 1.32 bits per heavy atom. The lowest BCUT2D eigenvalue weighted by Gasteiger charge is -2.52. The van der Waals surface area contributed by atoms with Gasteiger partial charge in [0.1, 0.15) is 6.04 Å². The van der Waals surface area contributed by atoms with Crippen LogP contribution in [0.1, 0.15) is 51.9 Å². The summed E-state index contributed by atoms with van der Waals surface area (Å²) in [7, 11) is 0. The van der Waals surface area contributed by atoms with Crippen LogP contribution in [0.2, 0.25) is 0 Å². The van der Waals surface area contributed by atoms with Crippen molar-refractivity contribution >= 4 is 23.6 Å². The third-order valence-corrected chi connectivity index (χ3v) is 6.24. The Kier molecular flexibility index (Phi) is 4.76. The van der Waals surface area contributed by atoms with Crippen LogP contribution in [0, 0.1) is 5.41 Å². The van der Waals surface area contributed by atoms with Crippen molar-refractivity contribution in [1.29, 1.82) is 0 Å². The number of carbonyl (C=O) groups excluding carboxylic acids is 1. The maximum absolute atomic E-state index is 11.1. The first kappa shape index (κ1) is 14.7. The van der Waals surface area contributed by atoms with Gasteiger partial charge in [0.05, 0.1) is 0 Å². The van der Waals surface area contributed by atoms with Gasteiger partial charge < -0.3 is 10.4 Å². The molecule has 2 atom stereocenters. The van der Waals surface area contributed by atoms with E-state index in [4.69, 9.17) is 5.11 Å². The molecule has 5 heteroatoms. The van der Waals surface area contributed by atoms with Gasteiger partial charge in [-0.3, -0.25) is 4.79 Å². The maximum Gasteiger partial charge on any atom is 0.327 e. The van der Waals surface area contributed by atoms with Crippen molar-refractivity contribution in [3.8, 4) is 0 Å². The summed E-state index contributed by atoms with van der Waals surface area (Å²) in [5.41, 5.74) is 0.488. The van der Waals surface area contributed by atoms with Crippen molar-refractivity contribution in [3.05, 3.63) is 0 Å². The fourth-order valence-electron chi connectivity index (χ4n) is 3.39. The summed E-state index contributed by atoms with van der Waals surface area (Å²) < 4.78 is 0. The molecule has 1 amide bonds. The molecule has 0 radical (unpaired) electrons. The smallest absolute Gasteiger partial charge is 0.327 e. The molecule has 0 saturated heterocycles. The van der Waals surface area contributed by atoms with Crippen LogP contribution in [-0.4, -0.2) is 34.0 Å². The zero-order chi connectivity index (χ0) is 13.9. The van der Waals surface area contributed by atoms with Crippen molar-refractivity contribution in [2.45, 2.75) is 63.2 Å². The molecule has 2 unspecified atom stereocenters. The van der Waals surface area contributed by atoms with E-state index in [0.29, 0.717) is 16.4 Å². The number of thioether (sulfide) groups is 1. The summed E-state index contributed by atoms with van der Waals surface area (Å²) in [6.45, 7) is 1.37. The molecular formula is C14H23NO3S. The second kappa shape index (κ2) is 6.16. The van der Waals surface area contributed by atoms with Crippen molar-refractivity contribution in [2.75, 3.05) is 5.75 Å². The lowest BCUT2D eigenvalue weighted by Crippen LogP contribution is -2.47. The van der Waals surface area contributed by atoms with Crippen molar-refractivity contribution in [3.63, 3.8) is 0 Å². The Labute approximate surface area is 118 Å². The second-order valence-corrected chi connectivity index (χ2v) is 7.11. The van der Waals surface area contributed by atoms with E-state index in [0.717, 1.165) is 0 Å². The lowest BCUT2D eigenvalue weighted by molar-refractivity contribution is -0.140. The lowest BCUT2D eigenvalue weighted by atomic mass is 9.60. The summed E-state index contributed by atoms with van der Waals surface area (Å²) in [5.74, 6) is -0.713. The number of hydrogen-bond acceptors (Lipinski definition) is 3. The topological polar surface area (TPSA) is 66.4 Å². The number of amides is 1. The van der Waals surface area contributed by atoms with Crippen molar-refractivity contribution in [1.82, 2.24) is 5.32 Å². The molecule has 19 heavy (non-hydrogen) atoms. The van der Waals surface area contributed by atoms with Crippen LogP contribution in [0.15, 0.2) is 0 Å². The average Bonchev–Trinajstić information content (AvgIpc) is 2.36. The highest BCUT2D eigenvalue weighted by molar-refractivity contribution is 8.00. The zero-order valence-corrected chi connectivity index (χ0v) is 12.3. The number of hydrogen-bond donors (Lipinski definition) is 2. The van der Waals surface area contributed by atoms with Gasteiger partial charge in [-0.05, 0) is 31.1 Å². The molecule has 2 N–H and O–H groups in total. The Balaban J connectivity index is 1.83. The average molecular weight is 285 g/mol. The highest BCUT2D eigenvalue weighted by Gasteiger charge is 2.47. The van der Waals surface area contributed by atoms with Crippen LogP contribution in [0.25, 0.3) is 0 Å². The van der Waals surface area contributed by atoms with E-state index in [-0.39, 0.29) is 5.91 Å². The SMILES string of the molecule is CC(=O)NC(CSC1CCC12CCCCC2)C(=O)O. The third kappa shape index (κ3) is 3.44. The molecule has 0 bridgehead atoms. The Morgan fingerprint density at radius 3 is 2.47 bits per heavy atom. The minimum absolute atomic E-state index is 0.269. The first-order valence-corrected chi connectivity index (χ1v) is 8.20. The fourth-order valence-corrected chi connectivity index (χ4v) is 5.03. The predicted molar refractivity (Wildman–Crippen MR) is 76.2 cm³/mol. The van der Waals surface area contributed by atoms with Gasteiger partial charge in [0.25, 0.3) is 0 Å². The van der Waals surface area contributed by atoms with E-state index in [1.165, 1.54) is 51.9 Å². The minimum Gasteiger partial charge on any atom is -0.480 e. The van der Waals surface area contributed by atoms with E-state index < -0.39 is 12.0 Å². The molecule has 0 aromatic rings. The number of nitrogens with one attached hydrogen (secondary N) is 1. The van der Waals surface area contributed by atoms with Crippen LogP contribution in [0.3, 0.4) is 0 Å². The highest BCUT2D eigenvalue weighted by atomic mass is 32.2. The van der Waals surface area contributed by atoms with Crippen molar-refractivity contribution < 1.29 is 14.7 Å². The largest absolute Gasteiger partial charge is 0.480 e. The molecular weight excluding hydrogens is 262 g/mol. The molecule has 2 fully saturated rings. The summed E-state index contributed by atoms with van der Waals surface area (Å²) in [6.07, 6.45) is 9.13. The van der Waals surface area contributed by atoms with Gasteiger partial charge in [-0.15, -0.1) is 0 Å². The molecule has 2 aliphatic carbocycles. The Bertz CT molecular complexity index is 353. The molecule has 0 aliphatic heterocycles. The number of rotatable bonds is 5. The summed E-state index contributed by atoms with van der Waals surface area (Å²) in [5, 5.41) is 12.2. The first-order valence-electron chi connectivity index (χ1n) is 7.15. The molecule has 2 rings (SSSR count). The van der Waals surface area contributed by atoms with Gasteiger partial charge in [-0.25, -0.2) is 4.79 Å². The molecule has 2 aliphatic rings. The number of carbonyl (C=O) groups is 2. The van der Waals surface area contributed by atoms with E-state index in [1.54, 1.807) is 11.8 Å². The van der Waals surface area contributed by atoms with Crippen molar-refractivity contribution in [2.24, 2.45) is 5.41 Å². The van der Waals surface area contributed by atoms with E-state index in [2.05, 4.69) is 5.32 Å². The monoisotopic (exact) mass is 285 g/mol. The molecule has 0 aromatic heterocycles. The van der Waals surface area contributed by atoms with Gasteiger partial charge in [0.15, 0.2) is 0 Å². The Hall–Kier alpha value is -0.710. The van der Waals surface area contributed by atoms with Crippen LogP contribution in [0.5, 0.6) is 0 Å². The Morgan fingerprint density at radius 2 is 2.00 bits per heavy atom. The summed E-state index contributed by atoms with van der Waals surface area (Å²) in [6, 6.07) is -0.747. The van der Waals surface area contributed by atoms with E-state index >= 15 is 0 Å². The molecule has 0 heterocycles. The van der Waals surface area contributed by atoms with E-state index in [1.807, 2.05) is 0 Å². The molecule has 108 valence electrons. The van der Waals surface area contributed by atoms with Gasteiger partial charge in [-0.1, -0.05) is 19.3 Å². The number of carboxylic acid groups (broad SMARTS) is 1. The normalized spacial score (nSPS) is 26.5. The zero-order valence-electron chi connectivity index (χ0n) is 11.5. The van der Waals surface area contributed by atoms with Crippen LogP contribution in [0.4, 0.5) is 0 Å². The molecule has 0 aromatic carbocycles. The van der Waals surface area contributed by atoms with Gasteiger partial charge >= 0.3 is 5.97 Å².